The Morgan fingerprint density at radius 2 is 1.47 bits per heavy atom. The van der Waals surface area contributed by atoms with Crippen LogP contribution < -0.4 is 4.74 Å². The molecule has 2 nitrogen and oxygen atoms in total. The van der Waals surface area contributed by atoms with Crippen molar-refractivity contribution >= 4 is 0 Å². The van der Waals surface area contributed by atoms with E-state index >= 15 is 0 Å². The van der Waals surface area contributed by atoms with E-state index < -0.39 is 0 Å². The molecule has 4 rings (SSSR count). The molecule has 1 heterocycles. The van der Waals surface area contributed by atoms with Gasteiger partial charge in [0.1, 0.15) is 29.0 Å². The monoisotopic (exact) mass is 437 g/mol. The molecule has 0 amide bonds. The van der Waals surface area contributed by atoms with Gasteiger partial charge in [0.25, 0.3) is 0 Å². The minimum atomic E-state index is -0.308. The molecular formula is C27H26F3NO. The molecule has 0 aromatic heterocycles. The van der Waals surface area contributed by atoms with Gasteiger partial charge in [-0.05, 0) is 73.0 Å². The standard InChI is InChI=1S/C27H26F3NO/c28-22-10-6-20(7-11-22)27(21-8-12-23(29)13-9-21)5-2-16-31-17-14-25(15-18-31)32-26-4-1-3-24(30)19-26/h1,3-4,6-14,19,27H,2,5,15-18H2. The number of nitrogens with zero attached hydrogens (tertiary/aromatic N) is 1. The zero-order valence-electron chi connectivity index (χ0n) is 17.8. The van der Waals surface area contributed by atoms with Crippen LogP contribution in [0.4, 0.5) is 13.2 Å². The number of benzene rings is 3. The maximum absolute atomic E-state index is 13.4. The van der Waals surface area contributed by atoms with Gasteiger partial charge < -0.3 is 4.74 Å². The fourth-order valence-corrected chi connectivity index (χ4v) is 4.11. The lowest BCUT2D eigenvalue weighted by Crippen LogP contribution is -2.30. The molecule has 0 unspecified atom stereocenters. The molecule has 5 heteroatoms. The van der Waals surface area contributed by atoms with Gasteiger partial charge >= 0.3 is 0 Å². The van der Waals surface area contributed by atoms with Crippen LogP contribution in [0.25, 0.3) is 0 Å². The molecule has 0 N–H and O–H groups in total. The van der Waals surface area contributed by atoms with E-state index in [1.165, 1.54) is 36.4 Å². The topological polar surface area (TPSA) is 12.5 Å². The first-order valence-corrected chi connectivity index (χ1v) is 10.9. The third-order valence-corrected chi connectivity index (χ3v) is 5.81. The summed E-state index contributed by atoms with van der Waals surface area (Å²) in [5.74, 6) is 0.639. The molecule has 0 aliphatic carbocycles. The highest BCUT2D eigenvalue weighted by Crippen LogP contribution is 2.30. The van der Waals surface area contributed by atoms with Crippen molar-refractivity contribution in [2.24, 2.45) is 0 Å². The minimum Gasteiger partial charge on any atom is -0.462 e. The SMILES string of the molecule is Fc1ccc(C(CCCN2CC=C(Oc3cccc(F)c3)CC2)c2ccc(F)cc2)cc1. The van der Waals surface area contributed by atoms with Crippen molar-refractivity contribution in [2.45, 2.75) is 25.2 Å². The minimum absolute atomic E-state index is 0.0865. The Bertz CT molecular complexity index is 1000. The number of halogens is 3. The van der Waals surface area contributed by atoms with Gasteiger partial charge in [-0.1, -0.05) is 30.3 Å². The first-order valence-electron chi connectivity index (χ1n) is 10.9. The van der Waals surface area contributed by atoms with Gasteiger partial charge in [0.15, 0.2) is 0 Å². The Morgan fingerprint density at radius 1 is 0.812 bits per heavy atom. The summed E-state index contributed by atoms with van der Waals surface area (Å²) in [6.07, 6.45) is 4.65. The molecular weight excluding hydrogens is 411 g/mol. The first-order chi connectivity index (χ1) is 15.6. The molecule has 166 valence electrons. The predicted octanol–water partition coefficient (Wildman–Crippen LogP) is 6.68. The van der Waals surface area contributed by atoms with Gasteiger partial charge in [-0.25, -0.2) is 13.2 Å². The summed E-state index contributed by atoms with van der Waals surface area (Å²) in [5.41, 5.74) is 2.06. The molecule has 0 radical (unpaired) electrons. The predicted molar refractivity (Wildman–Crippen MR) is 120 cm³/mol. The van der Waals surface area contributed by atoms with E-state index in [2.05, 4.69) is 4.90 Å². The molecule has 0 atom stereocenters. The molecule has 0 fully saturated rings. The second-order valence-electron chi connectivity index (χ2n) is 8.08. The van der Waals surface area contributed by atoms with Crippen LogP contribution in [0.1, 0.15) is 36.3 Å². The molecule has 3 aromatic carbocycles. The largest absolute Gasteiger partial charge is 0.462 e. The van der Waals surface area contributed by atoms with Crippen LogP contribution in [0.2, 0.25) is 0 Å². The Kier molecular flexibility index (Phi) is 7.28. The molecule has 0 saturated heterocycles. The van der Waals surface area contributed by atoms with E-state index in [-0.39, 0.29) is 23.4 Å². The van der Waals surface area contributed by atoms with Gasteiger partial charge in [-0.3, -0.25) is 4.90 Å². The van der Waals surface area contributed by atoms with Crippen molar-refractivity contribution in [3.8, 4) is 5.75 Å². The van der Waals surface area contributed by atoms with E-state index in [1.54, 1.807) is 12.1 Å². The van der Waals surface area contributed by atoms with E-state index in [1.807, 2.05) is 30.3 Å². The van der Waals surface area contributed by atoms with Crippen molar-refractivity contribution < 1.29 is 17.9 Å². The Balaban J connectivity index is 1.33. The lowest BCUT2D eigenvalue weighted by Gasteiger charge is -2.27. The Labute approximate surface area is 187 Å². The highest BCUT2D eigenvalue weighted by Gasteiger charge is 2.17. The summed E-state index contributed by atoms with van der Waals surface area (Å²) in [6.45, 7) is 2.57. The second-order valence-corrected chi connectivity index (χ2v) is 8.08. The number of hydrogen-bond donors (Lipinski definition) is 0. The lowest BCUT2D eigenvalue weighted by atomic mass is 9.87. The highest BCUT2D eigenvalue weighted by molar-refractivity contribution is 5.33. The molecule has 0 saturated carbocycles. The van der Waals surface area contributed by atoms with Gasteiger partial charge in [0.05, 0.1) is 0 Å². The summed E-state index contributed by atoms with van der Waals surface area (Å²) >= 11 is 0. The summed E-state index contributed by atoms with van der Waals surface area (Å²) in [5, 5.41) is 0. The first kappa shape index (κ1) is 22.2. The molecule has 0 spiro atoms. The Morgan fingerprint density at radius 3 is 2.03 bits per heavy atom. The molecule has 0 bridgehead atoms. The number of hydrogen-bond acceptors (Lipinski definition) is 2. The molecule has 32 heavy (non-hydrogen) atoms. The number of ether oxygens (including phenoxy) is 1. The van der Waals surface area contributed by atoms with Crippen molar-refractivity contribution in [1.82, 2.24) is 4.90 Å². The Hall–Kier alpha value is -3.05. The van der Waals surface area contributed by atoms with Crippen LogP contribution >= 0.6 is 0 Å². The molecule has 3 aromatic rings. The lowest BCUT2D eigenvalue weighted by molar-refractivity contribution is 0.255. The molecule has 1 aliphatic heterocycles. The summed E-state index contributed by atoms with van der Waals surface area (Å²) in [4.78, 5) is 2.35. The normalized spacial score (nSPS) is 14.4. The van der Waals surface area contributed by atoms with E-state index in [0.717, 1.165) is 55.8 Å². The van der Waals surface area contributed by atoms with Crippen LogP contribution in [0.15, 0.2) is 84.6 Å². The van der Waals surface area contributed by atoms with Gasteiger partial charge in [-0.2, -0.15) is 0 Å². The third kappa shape index (κ3) is 6.01. The fraction of sp³-hybridized carbons (Fsp3) is 0.259. The maximum Gasteiger partial charge on any atom is 0.129 e. The average molecular weight is 438 g/mol. The summed E-state index contributed by atoms with van der Waals surface area (Å²) in [7, 11) is 0. The zero-order valence-corrected chi connectivity index (χ0v) is 17.8. The van der Waals surface area contributed by atoms with Crippen LogP contribution in [0.5, 0.6) is 5.75 Å². The highest BCUT2D eigenvalue weighted by atomic mass is 19.1. The van der Waals surface area contributed by atoms with Crippen LogP contribution in [0, 0.1) is 17.5 Å². The van der Waals surface area contributed by atoms with Crippen molar-refractivity contribution in [2.75, 3.05) is 19.6 Å². The van der Waals surface area contributed by atoms with Gasteiger partial charge in [0.2, 0.25) is 0 Å². The van der Waals surface area contributed by atoms with Crippen molar-refractivity contribution in [3.05, 3.63) is 113 Å². The molecule has 1 aliphatic rings. The van der Waals surface area contributed by atoms with Crippen LogP contribution in [-0.2, 0) is 0 Å². The van der Waals surface area contributed by atoms with E-state index in [0.29, 0.717) is 5.75 Å². The van der Waals surface area contributed by atoms with Crippen LogP contribution in [0.3, 0.4) is 0 Å². The van der Waals surface area contributed by atoms with Crippen LogP contribution in [-0.4, -0.2) is 24.5 Å². The summed E-state index contributed by atoms with van der Waals surface area (Å²) in [6, 6.07) is 19.3. The van der Waals surface area contributed by atoms with Gasteiger partial charge in [0, 0.05) is 31.5 Å². The van der Waals surface area contributed by atoms with E-state index in [4.69, 9.17) is 4.74 Å². The maximum atomic E-state index is 13.4. The smallest absolute Gasteiger partial charge is 0.129 e. The number of rotatable bonds is 8. The van der Waals surface area contributed by atoms with E-state index in [9.17, 15) is 13.2 Å². The quantitative estimate of drug-likeness (QED) is 0.390. The second kappa shape index (κ2) is 10.5. The zero-order chi connectivity index (χ0) is 22.3. The average Bonchev–Trinajstić information content (AvgIpc) is 2.80. The fourth-order valence-electron chi connectivity index (χ4n) is 4.11. The van der Waals surface area contributed by atoms with Gasteiger partial charge in [-0.15, -0.1) is 0 Å². The van der Waals surface area contributed by atoms with Crippen molar-refractivity contribution in [3.63, 3.8) is 0 Å². The van der Waals surface area contributed by atoms with Crippen molar-refractivity contribution in [1.29, 1.82) is 0 Å². The third-order valence-electron chi connectivity index (χ3n) is 5.81. The summed E-state index contributed by atoms with van der Waals surface area (Å²) < 4.78 is 45.9.